The maximum absolute atomic E-state index is 10.9. The molecule has 1 fully saturated rings. The third-order valence-corrected chi connectivity index (χ3v) is 5.37. The minimum Gasteiger partial charge on any atom is -0.212 e. The SMILES string of the molecule is CC1(C)C2CC=C(CCS(=O)(=O)Cl)C1C2. The summed E-state index contributed by atoms with van der Waals surface area (Å²) in [6.45, 7) is 4.57. The Morgan fingerprint density at radius 3 is 2.67 bits per heavy atom. The van der Waals surface area contributed by atoms with Gasteiger partial charge >= 0.3 is 0 Å². The lowest BCUT2D eigenvalue weighted by molar-refractivity contribution is -0.00770. The first-order chi connectivity index (χ1) is 6.81. The fourth-order valence-corrected chi connectivity index (χ4v) is 3.71. The van der Waals surface area contributed by atoms with Crippen LogP contribution in [0.5, 0.6) is 0 Å². The number of allylic oxidation sites excluding steroid dienone is 2. The minimum absolute atomic E-state index is 0.0810. The van der Waals surface area contributed by atoms with Gasteiger partial charge in [0.2, 0.25) is 9.05 Å². The van der Waals surface area contributed by atoms with Crippen LogP contribution >= 0.6 is 10.7 Å². The summed E-state index contributed by atoms with van der Waals surface area (Å²) in [6.07, 6.45) is 5.20. The predicted octanol–water partition coefficient (Wildman–Crippen LogP) is 2.94. The fourth-order valence-electron chi connectivity index (χ4n) is 3.00. The van der Waals surface area contributed by atoms with E-state index in [0.717, 1.165) is 12.3 Å². The van der Waals surface area contributed by atoms with E-state index in [0.29, 0.717) is 17.8 Å². The fraction of sp³-hybridized carbons (Fsp3) is 0.818. The Labute approximate surface area is 96.1 Å². The lowest BCUT2D eigenvalue weighted by Gasteiger charge is -2.56. The highest BCUT2D eigenvalue weighted by Gasteiger charge is 2.50. The highest BCUT2D eigenvalue weighted by Crippen LogP contribution is 2.59. The molecule has 0 heterocycles. The first-order valence-electron chi connectivity index (χ1n) is 5.42. The van der Waals surface area contributed by atoms with Gasteiger partial charge in [0.1, 0.15) is 0 Å². The standard InChI is InChI=1S/C11H17ClO2S/c1-11(2)9-4-3-8(10(11)7-9)5-6-15(12,13)14/h3,9-10H,4-7H2,1-2H3. The van der Waals surface area contributed by atoms with Gasteiger partial charge in [0.15, 0.2) is 0 Å². The largest absolute Gasteiger partial charge is 0.232 e. The van der Waals surface area contributed by atoms with E-state index in [1.165, 1.54) is 12.0 Å². The van der Waals surface area contributed by atoms with E-state index in [4.69, 9.17) is 10.7 Å². The second kappa shape index (κ2) is 3.49. The van der Waals surface area contributed by atoms with Crippen LogP contribution in [-0.2, 0) is 9.05 Å². The monoisotopic (exact) mass is 248 g/mol. The van der Waals surface area contributed by atoms with Gasteiger partial charge < -0.3 is 0 Å². The maximum Gasteiger partial charge on any atom is 0.232 e. The quantitative estimate of drug-likeness (QED) is 0.569. The highest BCUT2D eigenvalue weighted by atomic mass is 35.7. The summed E-state index contributed by atoms with van der Waals surface area (Å²) in [5.41, 5.74) is 1.69. The van der Waals surface area contributed by atoms with E-state index in [1.54, 1.807) is 0 Å². The van der Waals surface area contributed by atoms with Gasteiger partial charge in [-0.2, -0.15) is 0 Å². The van der Waals surface area contributed by atoms with Crippen LogP contribution in [0.1, 0.15) is 33.1 Å². The number of fused-ring (bicyclic) bond motifs is 1. The van der Waals surface area contributed by atoms with Crippen molar-refractivity contribution < 1.29 is 8.42 Å². The van der Waals surface area contributed by atoms with Crippen molar-refractivity contribution in [1.82, 2.24) is 0 Å². The number of hydrogen-bond donors (Lipinski definition) is 0. The van der Waals surface area contributed by atoms with Gasteiger partial charge in [-0.25, -0.2) is 8.42 Å². The molecule has 0 saturated heterocycles. The first-order valence-corrected chi connectivity index (χ1v) is 7.90. The summed E-state index contributed by atoms with van der Waals surface area (Å²) in [5, 5.41) is 0. The molecule has 1 saturated carbocycles. The molecule has 15 heavy (non-hydrogen) atoms. The van der Waals surface area contributed by atoms with Gasteiger partial charge in [0.25, 0.3) is 0 Å². The van der Waals surface area contributed by atoms with Crippen molar-refractivity contribution in [3.63, 3.8) is 0 Å². The molecule has 2 atom stereocenters. The van der Waals surface area contributed by atoms with Crippen molar-refractivity contribution in [2.45, 2.75) is 33.1 Å². The zero-order chi connectivity index (χ0) is 11.3. The molecule has 3 rings (SSSR count). The van der Waals surface area contributed by atoms with Crippen LogP contribution < -0.4 is 0 Å². The van der Waals surface area contributed by atoms with Crippen LogP contribution in [0, 0.1) is 17.3 Å². The molecule has 4 heteroatoms. The third kappa shape index (κ3) is 2.09. The van der Waals surface area contributed by atoms with E-state index in [2.05, 4.69) is 19.9 Å². The maximum atomic E-state index is 10.9. The van der Waals surface area contributed by atoms with Gasteiger partial charge in [-0.1, -0.05) is 25.5 Å². The lowest BCUT2D eigenvalue weighted by Crippen LogP contribution is -2.48. The Balaban J connectivity index is 2.03. The smallest absolute Gasteiger partial charge is 0.212 e. The summed E-state index contributed by atoms with van der Waals surface area (Å²) in [6, 6.07) is 0. The summed E-state index contributed by atoms with van der Waals surface area (Å²) >= 11 is 0. The molecular formula is C11H17ClO2S. The second-order valence-electron chi connectivity index (χ2n) is 5.31. The molecule has 0 N–H and O–H groups in total. The van der Waals surface area contributed by atoms with E-state index in [-0.39, 0.29) is 5.75 Å². The molecule has 0 amide bonds. The molecule has 2 bridgehead atoms. The Morgan fingerprint density at radius 2 is 2.20 bits per heavy atom. The Bertz CT molecular complexity index is 395. The van der Waals surface area contributed by atoms with Crippen molar-refractivity contribution in [2.24, 2.45) is 17.3 Å². The zero-order valence-electron chi connectivity index (χ0n) is 9.16. The average molecular weight is 249 g/mol. The van der Waals surface area contributed by atoms with Crippen LogP contribution in [0.3, 0.4) is 0 Å². The van der Waals surface area contributed by atoms with Crippen LogP contribution in [-0.4, -0.2) is 14.2 Å². The van der Waals surface area contributed by atoms with Crippen LogP contribution in [0.15, 0.2) is 11.6 Å². The molecule has 0 spiro atoms. The van der Waals surface area contributed by atoms with Crippen molar-refractivity contribution in [1.29, 1.82) is 0 Å². The summed E-state index contributed by atoms with van der Waals surface area (Å²) < 4.78 is 21.8. The van der Waals surface area contributed by atoms with Crippen molar-refractivity contribution in [3.8, 4) is 0 Å². The molecule has 2 nitrogen and oxygen atoms in total. The van der Waals surface area contributed by atoms with Crippen molar-refractivity contribution in [3.05, 3.63) is 11.6 Å². The highest BCUT2D eigenvalue weighted by molar-refractivity contribution is 8.13. The van der Waals surface area contributed by atoms with Gasteiger partial charge in [0, 0.05) is 10.7 Å². The molecule has 3 aliphatic carbocycles. The second-order valence-corrected chi connectivity index (χ2v) is 8.21. The predicted molar refractivity (Wildman–Crippen MR) is 62.3 cm³/mol. The summed E-state index contributed by atoms with van der Waals surface area (Å²) in [5.74, 6) is 1.48. The Morgan fingerprint density at radius 1 is 1.53 bits per heavy atom. The topological polar surface area (TPSA) is 34.1 Å². The van der Waals surface area contributed by atoms with Gasteiger partial charge in [-0.3, -0.25) is 0 Å². The summed E-state index contributed by atoms with van der Waals surface area (Å²) in [7, 11) is 1.89. The molecule has 86 valence electrons. The Hall–Kier alpha value is -0.0200. The van der Waals surface area contributed by atoms with E-state index in [1.807, 2.05) is 0 Å². The minimum atomic E-state index is -3.34. The van der Waals surface area contributed by atoms with E-state index < -0.39 is 9.05 Å². The molecule has 2 unspecified atom stereocenters. The van der Waals surface area contributed by atoms with Crippen LogP contribution in [0.4, 0.5) is 0 Å². The summed E-state index contributed by atoms with van der Waals surface area (Å²) in [4.78, 5) is 0. The molecule has 0 aliphatic heterocycles. The average Bonchev–Trinajstić information content (AvgIpc) is 2.13. The van der Waals surface area contributed by atoms with Crippen LogP contribution in [0.2, 0.25) is 0 Å². The lowest BCUT2D eigenvalue weighted by atomic mass is 9.48. The normalized spacial score (nSPS) is 33.1. The zero-order valence-corrected chi connectivity index (χ0v) is 10.7. The molecule has 0 aromatic carbocycles. The molecular weight excluding hydrogens is 232 g/mol. The molecule has 0 aromatic rings. The van der Waals surface area contributed by atoms with Crippen LogP contribution in [0.25, 0.3) is 0 Å². The third-order valence-electron chi connectivity index (χ3n) is 4.22. The van der Waals surface area contributed by atoms with E-state index >= 15 is 0 Å². The number of rotatable bonds is 3. The van der Waals surface area contributed by atoms with Gasteiger partial charge in [-0.15, -0.1) is 0 Å². The number of halogens is 1. The van der Waals surface area contributed by atoms with Gasteiger partial charge in [-0.05, 0) is 36.5 Å². The molecule has 0 aromatic heterocycles. The van der Waals surface area contributed by atoms with E-state index in [9.17, 15) is 8.42 Å². The van der Waals surface area contributed by atoms with Gasteiger partial charge in [0.05, 0.1) is 5.75 Å². The van der Waals surface area contributed by atoms with Crippen molar-refractivity contribution >= 4 is 19.7 Å². The Kier molecular flexibility index (Phi) is 2.67. The molecule has 3 aliphatic rings. The molecule has 0 radical (unpaired) electrons. The van der Waals surface area contributed by atoms with Crippen molar-refractivity contribution in [2.75, 3.05) is 5.75 Å². The number of hydrogen-bond acceptors (Lipinski definition) is 2. The first kappa shape index (κ1) is 11.5.